The second-order valence-corrected chi connectivity index (χ2v) is 5.24. The topological polar surface area (TPSA) is 40.5 Å². The van der Waals surface area contributed by atoms with Crippen molar-refractivity contribution in [3.05, 3.63) is 0 Å². The molecule has 0 aromatic heterocycles. The first-order valence-electron chi connectivity index (χ1n) is 6.07. The minimum Gasteiger partial charge on any atom is -0.481 e. The van der Waals surface area contributed by atoms with Gasteiger partial charge < -0.3 is 10.0 Å². The Hall–Kier alpha value is -0.570. The fraction of sp³-hybridized carbons (Fsp3) is 0.917. The van der Waals surface area contributed by atoms with Crippen LogP contribution in [0.2, 0.25) is 0 Å². The maximum atomic E-state index is 10.8. The van der Waals surface area contributed by atoms with Crippen LogP contribution in [0.4, 0.5) is 0 Å². The fourth-order valence-corrected chi connectivity index (χ4v) is 2.90. The smallest absolute Gasteiger partial charge is 0.303 e. The third-order valence-corrected chi connectivity index (χ3v) is 4.01. The van der Waals surface area contributed by atoms with Crippen LogP contribution in [0.3, 0.4) is 0 Å². The summed E-state index contributed by atoms with van der Waals surface area (Å²) < 4.78 is 0. The van der Waals surface area contributed by atoms with E-state index in [1.807, 2.05) is 0 Å². The number of piperidine rings is 1. The molecule has 2 fully saturated rings. The number of likely N-dealkylation sites (tertiary alicyclic amines) is 1. The lowest BCUT2D eigenvalue weighted by Crippen LogP contribution is -2.34. The quantitative estimate of drug-likeness (QED) is 0.771. The number of aliphatic carboxylic acids is 1. The Balaban J connectivity index is 1.89. The Morgan fingerprint density at radius 1 is 1.27 bits per heavy atom. The number of carbonyl (C=O) groups is 1. The Morgan fingerprint density at radius 3 is 2.27 bits per heavy atom. The van der Waals surface area contributed by atoms with Gasteiger partial charge in [0, 0.05) is 6.42 Å². The van der Waals surface area contributed by atoms with E-state index in [9.17, 15) is 4.79 Å². The van der Waals surface area contributed by atoms with Crippen LogP contribution in [0.1, 0.15) is 32.1 Å². The van der Waals surface area contributed by atoms with Gasteiger partial charge in [-0.05, 0) is 63.6 Å². The molecule has 0 aromatic carbocycles. The van der Waals surface area contributed by atoms with Gasteiger partial charge in [-0.25, -0.2) is 0 Å². The van der Waals surface area contributed by atoms with E-state index in [0.29, 0.717) is 18.3 Å². The van der Waals surface area contributed by atoms with Gasteiger partial charge in [0.2, 0.25) is 0 Å². The van der Waals surface area contributed by atoms with Gasteiger partial charge in [-0.3, -0.25) is 4.79 Å². The molecule has 3 heteroatoms. The van der Waals surface area contributed by atoms with Crippen molar-refractivity contribution >= 4 is 5.97 Å². The molecule has 1 aliphatic carbocycles. The molecule has 15 heavy (non-hydrogen) atoms. The maximum absolute atomic E-state index is 10.8. The van der Waals surface area contributed by atoms with E-state index in [4.69, 9.17) is 5.11 Å². The molecule has 1 saturated heterocycles. The molecule has 0 aromatic rings. The predicted octanol–water partition coefficient (Wildman–Crippen LogP) is 1.83. The van der Waals surface area contributed by atoms with E-state index in [1.54, 1.807) is 0 Å². The zero-order chi connectivity index (χ0) is 10.8. The van der Waals surface area contributed by atoms with Gasteiger partial charge in [-0.1, -0.05) is 0 Å². The largest absolute Gasteiger partial charge is 0.481 e. The minimum absolute atomic E-state index is 0.402. The van der Waals surface area contributed by atoms with Crippen LogP contribution in [0.25, 0.3) is 0 Å². The van der Waals surface area contributed by atoms with Crippen molar-refractivity contribution in [2.75, 3.05) is 20.1 Å². The second kappa shape index (κ2) is 4.52. The molecule has 0 spiro atoms. The number of carboxylic acids is 1. The SMILES string of the molecule is CN1CCC(C(CC(=O)O)C2CC2)CC1. The average Bonchev–Trinajstić information content (AvgIpc) is 2.99. The molecule has 2 aliphatic rings. The summed E-state index contributed by atoms with van der Waals surface area (Å²) in [5.74, 6) is 1.27. The zero-order valence-electron chi connectivity index (χ0n) is 9.48. The lowest BCUT2D eigenvalue weighted by atomic mass is 9.79. The number of carboxylic acid groups (broad SMARTS) is 1. The molecule has 2 rings (SSSR count). The van der Waals surface area contributed by atoms with Crippen molar-refractivity contribution in [3.63, 3.8) is 0 Å². The van der Waals surface area contributed by atoms with Crippen LogP contribution in [-0.4, -0.2) is 36.1 Å². The van der Waals surface area contributed by atoms with E-state index in [2.05, 4.69) is 11.9 Å². The Bertz CT molecular complexity index is 230. The molecule has 0 amide bonds. The summed E-state index contributed by atoms with van der Waals surface area (Å²) in [5.41, 5.74) is 0. The Labute approximate surface area is 91.5 Å². The molecule has 86 valence electrons. The van der Waals surface area contributed by atoms with Crippen LogP contribution in [0, 0.1) is 17.8 Å². The van der Waals surface area contributed by atoms with Crippen LogP contribution < -0.4 is 0 Å². The van der Waals surface area contributed by atoms with Gasteiger partial charge in [-0.2, -0.15) is 0 Å². The highest BCUT2D eigenvalue weighted by Crippen LogP contribution is 2.45. The number of hydrogen-bond donors (Lipinski definition) is 1. The van der Waals surface area contributed by atoms with E-state index in [-0.39, 0.29) is 0 Å². The Kier molecular flexibility index (Phi) is 3.29. The zero-order valence-corrected chi connectivity index (χ0v) is 9.48. The number of hydrogen-bond acceptors (Lipinski definition) is 2. The summed E-state index contributed by atoms with van der Waals surface area (Å²) in [6, 6.07) is 0. The van der Waals surface area contributed by atoms with Crippen molar-refractivity contribution < 1.29 is 9.90 Å². The molecule has 1 N–H and O–H groups in total. The van der Waals surface area contributed by atoms with Crippen LogP contribution in [0.15, 0.2) is 0 Å². The normalized spacial score (nSPS) is 26.5. The van der Waals surface area contributed by atoms with Gasteiger partial charge in [0.05, 0.1) is 0 Å². The summed E-state index contributed by atoms with van der Waals surface area (Å²) in [6.45, 7) is 2.29. The fourth-order valence-electron chi connectivity index (χ4n) is 2.90. The summed E-state index contributed by atoms with van der Waals surface area (Å²) in [7, 11) is 2.15. The highest BCUT2D eigenvalue weighted by molar-refractivity contribution is 5.67. The third-order valence-electron chi connectivity index (χ3n) is 4.01. The average molecular weight is 211 g/mol. The lowest BCUT2D eigenvalue weighted by Gasteiger charge is -2.34. The molecule has 1 unspecified atom stereocenters. The monoisotopic (exact) mass is 211 g/mol. The third kappa shape index (κ3) is 2.94. The molecule has 1 atom stereocenters. The first kappa shape index (κ1) is 10.9. The van der Waals surface area contributed by atoms with E-state index >= 15 is 0 Å². The molecular weight excluding hydrogens is 190 g/mol. The first-order valence-corrected chi connectivity index (χ1v) is 6.07. The van der Waals surface area contributed by atoms with Gasteiger partial charge in [-0.15, -0.1) is 0 Å². The van der Waals surface area contributed by atoms with Crippen LogP contribution in [0.5, 0.6) is 0 Å². The number of nitrogens with zero attached hydrogens (tertiary/aromatic N) is 1. The van der Waals surface area contributed by atoms with Crippen molar-refractivity contribution in [1.82, 2.24) is 4.90 Å². The van der Waals surface area contributed by atoms with E-state index in [0.717, 1.165) is 19.0 Å². The lowest BCUT2D eigenvalue weighted by molar-refractivity contribution is -0.139. The molecule has 0 radical (unpaired) electrons. The van der Waals surface area contributed by atoms with Gasteiger partial charge in [0.15, 0.2) is 0 Å². The van der Waals surface area contributed by atoms with Gasteiger partial charge >= 0.3 is 5.97 Å². The molecule has 1 saturated carbocycles. The van der Waals surface area contributed by atoms with Crippen molar-refractivity contribution in [2.45, 2.75) is 32.1 Å². The van der Waals surface area contributed by atoms with Crippen LogP contribution in [-0.2, 0) is 4.79 Å². The van der Waals surface area contributed by atoms with Gasteiger partial charge in [0.25, 0.3) is 0 Å². The maximum Gasteiger partial charge on any atom is 0.303 e. The molecule has 3 nitrogen and oxygen atoms in total. The van der Waals surface area contributed by atoms with Crippen molar-refractivity contribution in [3.8, 4) is 0 Å². The van der Waals surface area contributed by atoms with E-state index < -0.39 is 5.97 Å². The number of rotatable bonds is 4. The Morgan fingerprint density at radius 2 is 1.80 bits per heavy atom. The summed E-state index contributed by atoms with van der Waals surface area (Å²) >= 11 is 0. The minimum atomic E-state index is -0.606. The molecule has 1 aliphatic heterocycles. The van der Waals surface area contributed by atoms with Crippen molar-refractivity contribution in [1.29, 1.82) is 0 Å². The highest BCUT2D eigenvalue weighted by atomic mass is 16.4. The van der Waals surface area contributed by atoms with Crippen LogP contribution >= 0.6 is 0 Å². The molecular formula is C12H21NO2. The standard InChI is InChI=1S/C12H21NO2/c1-13-6-4-10(5-7-13)11(8-12(14)15)9-2-3-9/h9-11H,2-8H2,1H3,(H,14,15). The first-order chi connectivity index (χ1) is 7.16. The highest BCUT2D eigenvalue weighted by Gasteiger charge is 2.38. The molecule has 0 bridgehead atoms. The second-order valence-electron chi connectivity index (χ2n) is 5.24. The molecule has 1 heterocycles. The summed E-state index contributed by atoms with van der Waals surface area (Å²) in [4.78, 5) is 13.2. The van der Waals surface area contributed by atoms with Gasteiger partial charge in [0.1, 0.15) is 0 Å². The predicted molar refractivity (Wildman–Crippen MR) is 58.7 cm³/mol. The van der Waals surface area contributed by atoms with Crippen molar-refractivity contribution in [2.24, 2.45) is 17.8 Å². The summed E-state index contributed by atoms with van der Waals surface area (Å²) in [5, 5.41) is 8.93. The summed E-state index contributed by atoms with van der Waals surface area (Å²) in [6.07, 6.45) is 5.34. The van der Waals surface area contributed by atoms with E-state index in [1.165, 1.54) is 25.7 Å².